The lowest BCUT2D eigenvalue weighted by Gasteiger charge is -1.99. The molecule has 7 heteroatoms. The van der Waals surface area contributed by atoms with Gasteiger partial charge >= 0.3 is 0 Å². The highest BCUT2D eigenvalue weighted by atomic mass is 35.5. The van der Waals surface area contributed by atoms with E-state index >= 15 is 0 Å². The maximum atomic E-state index is 12.0. The zero-order valence-corrected chi connectivity index (χ0v) is 14.9. The molecule has 2 heterocycles. The average Bonchev–Trinajstić information content (AvgIpc) is 3.34. The first-order valence-corrected chi connectivity index (χ1v) is 8.62. The first-order chi connectivity index (χ1) is 13.2. The quantitative estimate of drug-likeness (QED) is 0.674. The molecular formula is C20H15ClN2O4. The van der Waals surface area contributed by atoms with E-state index in [4.69, 9.17) is 25.6 Å². The van der Waals surface area contributed by atoms with E-state index in [1.165, 1.54) is 6.08 Å². The Morgan fingerprint density at radius 1 is 1.11 bits per heavy atom. The number of nitrogens with one attached hydrogen (secondary N) is 1. The molecular weight excluding hydrogens is 368 g/mol. The lowest BCUT2D eigenvalue weighted by Crippen LogP contribution is -2.20. The van der Waals surface area contributed by atoms with E-state index in [1.807, 2.05) is 30.3 Å². The summed E-state index contributed by atoms with van der Waals surface area (Å²) in [5, 5.41) is 7.39. The van der Waals surface area contributed by atoms with Gasteiger partial charge in [-0.25, -0.2) is 0 Å². The molecule has 1 aliphatic heterocycles. The van der Waals surface area contributed by atoms with E-state index in [2.05, 4.69) is 10.5 Å². The number of fused-ring (bicyclic) bond motifs is 1. The van der Waals surface area contributed by atoms with Gasteiger partial charge < -0.3 is 19.3 Å². The summed E-state index contributed by atoms with van der Waals surface area (Å²) in [6.07, 6.45) is 3.16. The SMILES string of the molecule is O=C(C=Cc1ccc2c(c1)OCO2)NCc1cc(-c2ccc(Cl)cc2)on1. The molecule has 0 radical (unpaired) electrons. The molecule has 0 bridgehead atoms. The Labute approximate surface area is 160 Å². The molecule has 0 saturated carbocycles. The molecule has 1 N–H and O–H groups in total. The second kappa shape index (κ2) is 7.55. The fraction of sp³-hybridized carbons (Fsp3) is 0.100. The maximum absolute atomic E-state index is 12.0. The van der Waals surface area contributed by atoms with Crippen LogP contribution in [0.25, 0.3) is 17.4 Å². The molecule has 0 unspecified atom stereocenters. The Kier molecular flexibility index (Phi) is 4.80. The molecule has 0 spiro atoms. The first kappa shape index (κ1) is 17.2. The Bertz CT molecular complexity index is 995. The lowest BCUT2D eigenvalue weighted by atomic mass is 10.1. The van der Waals surface area contributed by atoms with Crippen molar-refractivity contribution in [2.45, 2.75) is 6.54 Å². The summed E-state index contributed by atoms with van der Waals surface area (Å²) in [5.41, 5.74) is 2.35. The first-order valence-electron chi connectivity index (χ1n) is 8.24. The molecule has 136 valence electrons. The van der Waals surface area contributed by atoms with E-state index in [0.717, 1.165) is 11.1 Å². The van der Waals surface area contributed by atoms with E-state index < -0.39 is 0 Å². The van der Waals surface area contributed by atoms with Crippen LogP contribution in [0.15, 0.2) is 59.1 Å². The van der Waals surface area contributed by atoms with Crippen molar-refractivity contribution in [3.63, 3.8) is 0 Å². The Hall–Kier alpha value is -3.25. The van der Waals surface area contributed by atoms with Gasteiger partial charge in [0.1, 0.15) is 5.69 Å². The van der Waals surface area contributed by atoms with Crippen LogP contribution in [0.4, 0.5) is 0 Å². The Morgan fingerprint density at radius 3 is 2.78 bits per heavy atom. The number of carbonyl (C=O) groups is 1. The second-order valence-corrected chi connectivity index (χ2v) is 6.29. The van der Waals surface area contributed by atoms with Crippen molar-refractivity contribution >= 4 is 23.6 Å². The van der Waals surface area contributed by atoms with Crippen molar-refractivity contribution in [1.29, 1.82) is 0 Å². The lowest BCUT2D eigenvalue weighted by molar-refractivity contribution is -0.116. The number of halogens is 1. The zero-order valence-electron chi connectivity index (χ0n) is 14.1. The van der Waals surface area contributed by atoms with Gasteiger partial charge in [0.2, 0.25) is 12.7 Å². The summed E-state index contributed by atoms with van der Waals surface area (Å²) in [5.74, 6) is 1.77. The molecule has 1 amide bonds. The fourth-order valence-electron chi connectivity index (χ4n) is 2.57. The van der Waals surface area contributed by atoms with Crippen LogP contribution in [0.5, 0.6) is 11.5 Å². The molecule has 0 saturated heterocycles. The highest BCUT2D eigenvalue weighted by Crippen LogP contribution is 2.32. The minimum absolute atomic E-state index is 0.221. The predicted molar refractivity (Wildman–Crippen MR) is 100 cm³/mol. The number of hydrogen-bond donors (Lipinski definition) is 1. The molecule has 4 rings (SSSR count). The number of carbonyl (C=O) groups excluding carboxylic acids is 1. The highest BCUT2D eigenvalue weighted by Gasteiger charge is 2.12. The van der Waals surface area contributed by atoms with Gasteiger partial charge in [-0.2, -0.15) is 0 Å². The van der Waals surface area contributed by atoms with Crippen LogP contribution in [-0.2, 0) is 11.3 Å². The van der Waals surface area contributed by atoms with Crippen LogP contribution in [0.1, 0.15) is 11.3 Å². The van der Waals surface area contributed by atoms with Gasteiger partial charge in [0, 0.05) is 22.7 Å². The van der Waals surface area contributed by atoms with Crippen LogP contribution in [0.3, 0.4) is 0 Å². The Morgan fingerprint density at radius 2 is 1.93 bits per heavy atom. The number of ether oxygens (including phenoxy) is 2. The molecule has 6 nitrogen and oxygen atoms in total. The van der Waals surface area contributed by atoms with E-state index in [1.54, 1.807) is 24.3 Å². The molecule has 1 aliphatic rings. The third kappa shape index (κ3) is 4.12. The monoisotopic (exact) mass is 382 g/mol. The second-order valence-electron chi connectivity index (χ2n) is 5.85. The molecule has 0 atom stereocenters. The van der Waals surface area contributed by atoms with Crippen molar-refractivity contribution < 1.29 is 18.8 Å². The summed E-state index contributed by atoms with van der Waals surface area (Å²) in [6, 6.07) is 14.5. The summed E-state index contributed by atoms with van der Waals surface area (Å²) in [4.78, 5) is 12.0. The van der Waals surface area contributed by atoms with Crippen LogP contribution >= 0.6 is 11.6 Å². The van der Waals surface area contributed by atoms with Gasteiger partial charge in [0.05, 0.1) is 6.54 Å². The molecule has 2 aromatic carbocycles. The van der Waals surface area contributed by atoms with Gasteiger partial charge in [-0.1, -0.05) is 22.8 Å². The van der Waals surface area contributed by atoms with Crippen molar-refractivity contribution in [3.05, 3.63) is 70.9 Å². The molecule has 0 fully saturated rings. The summed E-state index contributed by atoms with van der Waals surface area (Å²) >= 11 is 5.88. The largest absolute Gasteiger partial charge is 0.454 e. The van der Waals surface area contributed by atoms with E-state index in [-0.39, 0.29) is 19.2 Å². The van der Waals surface area contributed by atoms with Crippen molar-refractivity contribution in [1.82, 2.24) is 10.5 Å². The van der Waals surface area contributed by atoms with Crippen molar-refractivity contribution in [3.8, 4) is 22.8 Å². The number of nitrogens with zero attached hydrogens (tertiary/aromatic N) is 1. The van der Waals surface area contributed by atoms with Crippen LogP contribution in [0, 0.1) is 0 Å². The highest BCUT2D eigenvalue weighted by molar-refractivity contribution is 6.30. The third-order valence-electron chi connectivity index (χ3n) is 3.96. The zero-order chi connectivity index (χ0) is 18.6. The molecule has 1 aromatic heterocycles. The van der Waals surface area contributed by atoms with E-state index in [0.29, 0.717) is 28.0 Å². The predicted octanol–water partition coefficient (Wildman–Crippen LogP) is 4.05. The standard InChI is InChI=1S/C20H15ClN2O4/c21-15-5-3-14(4-6-15)18-10-16(23-27-18)11-22-20(24)8-2-13-1-7-17-19(9-13)26-12-25-17/h1-10H,11-12H2,(H,22,24). The minimum Gasteiger partial charge on any atom is -0.454 e. The van der Waals surface area contributed by atoms with Crippen molar-refractivity contribution in [2.75, 3.05) is 6.79 Å². The number of amides is 1. The minimum atomic E-state index is -0.233. The van der Waals surface area contributed by atoms with Gasteiger partial charge in [-0.3, -0.25) is 4.79 Å². The average molecular weight is 383 g/mol. The van der Waals surface area contributed by atoms with Crippen molar-refractivity contribution in [2.24, 2.45) is 0 Å². The normalized spacial score (nSPS) is 12.5. The van der Waals surface area contributed by atoms with Crippen LogP contribution in [-0.4, -0.2) is 17.9 Å². The molecule has 3 aromatic rings. The van der Waals surface area contributed by atoms with Gasteiger partial charge in [-0.05, 0) is 48.0 Å². The number of hydrogen-bond acceptors (Lipinski definition) is 5. The smallest absolute Gasteiger partial charge is 0.244 e. The van der Waals surface area contributed by atoms with Gasteiger partial charge in [-0.15, -0.1) is 0 Å². The summed E-state index contributed by atoms with van der Waals surface area (Å²) < 4.78 is 15.9. The summed E-state index contributed by atoms with van der Waals surface area (Å²) in [6.45, 7) is 0.486. The summed E-state index contributed by atoms with van der Waals surface area (Å²) in [7, 11) is 0. The number of aromatic nitrogens is 1. The third-order valence-corrected chi connectivity index (χ3v) is 4.21. The van der Waals surface area contributed by atoms with Gasteiger partial charge in [0.25, 0.3) is 0 Å². The number of benzene rings is 2. The molecule has 27 heavy (non-hydrogen) atoms. The van der Waals surface area contributed by atoms with Gasteiger partial charge in [0.15, 0.2) is 17.3 Å². The van der Waals surface area contributed by atoms with Crippen LogP contribution < -0.4 is 14.8 Å². The van der Waals surface area contributed by atoms with Crippen LogP contribution in [0.2, 0.25) is 5.02 Å². The maximum Gasteiger partial charge on any atom is 0.244 e. The Balaban J connectivity index is 1.33. The number of rotatable bonds is 5. The van der Waals surface area contributed by atoms with E-state index in [9.17, 15) is 4.79 Å². The topological polar surface area (TPSA) is 73.6 Å². The molecule has 0 aliphatic carbocycles. The fourth-order valence-corrected chi connectivity index (χ4v) is 2.70.